The Hall–Kier alpha value is -1.05. The number of fused-ring (bicyclic) bond motifs is 2. The molecule has 4 aliphatic heterocycles. The van der Waals surface area contributed by atoms with Gasteiger partial charge in [-0.25, -0.2) is 0 Å². The lowest BCUT2D eigenvalue weighted by Crippen LogP contribution is -2.67. The number of methoxy groups -OCH3 is 1. The van der Waals surface area contributed by atoms with Crippen LogP contribution in [0, 0.1) is 23.7 Å². The van der Waals surface area contributed by atoms with Crippen molar-refractivity contribution in [2.75, 3.05) is 41.5 Å². The molecule has 0 amide bonds. The SMILES string of the molecule is CCOCC[C@H]1O[C@@H]2[C@@H](C)[C@H]([C@H](C)C[C@@](C)(O)[C@H](O[C@@H]3O[C@H](C)C[C@H](N(C)C)[C@H]3O)[C@@H](C)[C@H](O[C@H]3C[C@@](C)(OC)[C@@H](O)[C@H](C)O3)[C@@H](C)C(=O)O[C@H](CC)[C@@]2(C)O)N1C. The Morgan fingerprint density at radius 2 is 1.59 bits per heavy atom. The van der Waals surface area contributed by atoms with E-state index in [4.69, 9.17) is 37.9 Å². The highest BCUT2D eigenvalue weighted by molar-refractivity contribution is 5.73. The van der Waals surface area contributed by atoms with Crippen LogP contribution >= 0.6 is 0 Å². The van der Waals surface area contributed by atoms with E-state index in [-0.39, 0.29) is 42.9 Å². The van der Waals surface area contributed by atoms with Gasteiger partial charge in [0.05, 0.1) is 54.2 Å². The number of hydrogen-bond acceptors (Lipinski definition) is 15. The first-order chi connectivity index (χ1) is 26.9. The van der Waals surface area contributed by atoms with Crippen molar-refractivity contribution in [3.63, 3.8) is 0 Å². The number of ether oxygens (including phenoxy) is 8. The topological polar surface area (TPSA) is 178 Å². The fourth-order valence-corrected chi connectivity index (χ4v) is 10.7. The molecular formula is C43H80N2O13. The van der Waals surface area contributed by atoms with E-state index in [9.17, 15) is 25.2 Å². The molecule has 58 heavy (non-hydrogen) atoms. The van der Waals surface area contributed by atoms with Crippen molar-refractivity contribution in [2.24, 2.45) is 23.7 Å². The van der Waals surface area contributed by atoms with Crippen LogP contribution in [0.3, 0.4) is 0 Å². The molecule has 0 saturated carbocycles. The largest absolute Gasteiger partial charge is 0.459 e. The van der Waals surface area contributed by atoms with Gasteiger partial charge in [-0.3, -0.25) is 9.69 Å². The number of hydrogen-bond donors (Lipinski definition) is 4. The fraction of sp³-hybridized carbons (Fsp3) is 0.977. The summed E-state index contributed by atoms with van der Waals surface area (Å²) in [5, 5.41) is 48.2. The maximum Gasteiger partial charge on any atom is 0.311 e. The van der Waals surface area contributed by atoms with Crippen molar-refractivity contribution in [2.45, 2.75) is 205 Å². The summed E-state index contributed by atoms with van der Waals surface area (Å²) in [6.45, 7) is 21.4. The van der Waals surface area contributed by atoms with Crippen LogP contribution < -0.4 is 0 Å². The van der Waals surface area contributed by atoms with E-state index in [1.165, 1.54) is 7.11 Å². The molecule has 0 radical (unpaired) electrons. The van der Waals surface area contributed by atoms with E-state index >= 15 is 0 Å². The highest BCUT2D eigenvalue weighted by Gasteiger charge is 2.56. The Morgan fingerprint density at radius 1 is 0.931 bits per heavy atom. The minimum absolute atomic E-state index is 0.146. The molecule has 4 rings (SSSR count). The Kier molecular flexibility index (Phi) is 17.1. The third-order valence-corrected chi connectivity index (χ3v) is 13.9. The van der Waals surface area contributed by atoms with Gasteiger partial charge in [-0.1, -0.05) is 27.7 Å². The minimum atomic E-state index is -1.60. The Morgan fingerprint density at radius 3 is 2.17 bits per heavy atom. The quantitative estimate of drug-likeness (QED) is 0.176. The number of nitrogens with zero attached hydrogens (tertiary/aromatic N) is 2. The van der Waals surface area contributed by atoms with Crippen LogP contribution in [0.15, 0.2) is 0 Å². The van der Waals surface area contributed by atoms with Gasteiger partial charge in [-0.2, -0.15) is 0 Å². The van der Waals surface area contributed by atoms with Gasteiger partial charge >= 0.3 is 5.97 Å². The number of aliphatic hydroxyl groups is 4. The van der Waals surface area contributed by atoms with Gasteiger partial charge in [-0.15, -0.1) is 0 Å². The normalized spacial score (nSPS) is 49.0. The predicted octanol–water partition coefficient (Wildman–Crippen LogP) is 3.31. The zero-order valence-electron chi connectivity index (χ0n) is 38.1. The summed E-state index contributed by atoms with van der Waals surface area (Å²) in [6.07, 6.45) is -7.29. The molecule has 0 aromatic rings. The van der Waals surface area contributed by atoms with Crippen molar-refractivity contribution in [1.82, 2.24) is 9.80 Å². The lowest BCUT2D eigenvalue weighted by molar-refractivity contribution is -0.319. The van der Waals surface area contributed by atoms with E-state index in [2.05, 4.69) is 11.8 Å². The van der Waals surface area contributed by atoms with Crippen molar-refractivity contribution >= 4 is 5.97 Å². The third-order valence-electron chi connectivity index (χ3n) is 13.9. The molecule has 4 N–H and O–H groups in total. The molecular weight excluding hydrogens is 752 g/mol. The summed E-state index contributed by atoms with van der Waals surface area (Å²) in [7, 11) is 7.33. The molecule has 0 aliphatic carbocycles. The molecule has 15 nitrogen and oxygen atoms in total. The van der Waals surface area contributed by atoms with Crippen LogP contribution in [0.4, 0.5) is 0 Å². The molecule has 0 spiro atoms. The second kappa shape index (κ2) is 20.0. The molecule has 4 aliphatic rings. The van der Waals surface area contributed by atoms with Crippen LogP contribution in [-0.4, -0.2) is 174 Å². The summed E-state index contributed by atoms with van der Waals surface area (Å²) < 4.78 is 50.8. The first-order valence-corrected chi connectivity index (χ1v) is 21.7. The lowest BCUT2D eigenvalue weighted by Gasteiger charge is -2.55. The van der Waals surface area contributed by atoms with E-state index in [0.29, 0.717) is 32.5 Å². The summed E-state index contributed by atoms with van der Waals surface area (Å²) in [4.78, 5) is 18.7. The van der Waals surface area contributed by atoms with Crippen molar-refractivity contribution in [3.05, 3.63) is 0 Å². The van der Waals surface area contributed by atoms with Crippen LogP contribution in [0.1, 0.15) is 108 Å². The first-order valence-electron chi connectivity index (χ1n) is 21.7. The molecule has 0 aromatic carbocycles. The highest BCUT2D eigenvalue weighted by Crippen LogP contribution is 2.44. The Labute approximate surface area is 348 Å². The van der Waals surface area contributed by atoms with Gasteiger partial charge in [-0.05, 0) is 94.8 Å². The van der Waals surface area contributed by atoms with Crippen LogP contribution in [0.2, 0.25) is 0 Å². The minimum Gasteiger partial charge on any atom is -0.459 e. The van der Waals surface area contributed by atoms with Gasteiger partial charge < -0.3 is 63.2 Å². The fourth-order valence-electron chi connectivity index (χ4n) is 10.7. The summed E-state index contributed by atoms with van der Waals surface area (Å²) in [5.41, 5.74) is -4.20. The van der Waals surface area contributed by atoms with E-state index < -0.39 is 96.1 Å². The second-order valence-corrected chi connectivity index (χ2v) is 18.9. The summed E-state index contributed by atoms with van der Waals surface area (Å²) in [5.74, 6) is -2.79. The maximum absolute atomic E-state index is 14.5. The molecule has 15 heteroatoms. The molecule has 340 valence electrons. The molecule has 0 unspecified atom stereocenters. The first kappa shape index (κ1) is 49.6. The monoisotopic (exact) mass is 833 g/mol. The number of rotatable bonds is 11. The Balaban J connectivity index is 1.87. The summed E-state index contributed by atoms with van der Waals surface area (Å²) >= 11 is 0. The van der Waals surface area contributed by atoms with E-state index in [1.807, 2.05) is 60.7 Å². The summed E-state index contributed by atoms with van der Waals surface area (Å²) in [6, 6.07) is -0.477. The number of cyclic esters (lactones) is 1. The van der Waals surface area contributed by atoms with Crippen LogP contribution in [-0.2, 0) is 42.7 Å². The molecule has 2 bridgehead atoms. The van der Waals surface area contributed by atoms with Crippen LogP contribution in [0.5, 0.6) is 0 Å². The van der Waals surface area contributed by atoms with Crippen LogP contribution in [0.25, 0.3) is 0 Å². The second-order valence-electron chi connectivity index (χ2n) is 18.9. The van der Waals surface area contributed by atoms with Gasteiger partial charge in [0.1, 0.15) is 30.1 Å². The van der Waals surface area contributed by atoms with Gasteiger partial charge in [0.25, 0.3) is 0 Å². The number of esters is 1. The zero-order chi connectivity index (χ0) is 43.7. The number of aliphatic hydroxyl groups excluding tert-OH is 2. The van der Waals surface area contributed by atoms with Crippen molar-refractivity contribution in [1.29, 1.82) is 0 Å². The van der Waals surface area contributed by atoms with E-state index in [0.717, 1.165) is 0 Å². The number of carbonyl (C=O) groups excluding carboxylic acids is 1. The maximum atomic E-state index is 14.5. The van der Waals surface area contributed by atoms with Gasteiger partial charge in [0, 0.05) is 50.5 Å². The predicted molar refractivity (Wildman–Crippen MR) is 217 cm³/mol. The van der Waals surface area contributed by atoms with E-state index in [1.54, 1.807) is 34.6 Å². The standard InChI is InChI=1S/C43H80N2O13/c1-16-30-43(11,50)38-25(5)33(45(14)31(56-38)18-19-52-17-2)23(3)21-41(9,49)37(58-40-34(46)29(44(12)13)20-24(4)53-40)26(6)35(27(7)39(48)55-30)57-32-22-42(10,51-15)36(47)28(8)54-32/h23-38,40,46-47,49-50H,16-22H2,1-15H3/t23-,24-,25+,26+,27-,28+,29+,30-,31-,32+,33+,34-,35+,36+,37-,38-,40+,41-,42-,43-/m1/s1. The Bertz CT molecular complexity index is 1310. The smallest absolute Gasteiger partial charge is 0.311 e. The average molecular weight is 833 g/mol. The van der Waals surface area contributed by atoms with Crippen molar-refractivity contribution < 1.29 is 63.1 Å². The zero-order valence-corrected chi connectivity index (χ0v) is 38.1. The third kappa shape index (κ3) is 10.6. The van der Waals surface area contributed by atoms with Crippen molar-refractivity contribution in [3.8, 4) is 0 Å². The highest BCUT2D eigenvalue weighted by atomic mass is 16.7. The molecule has 4 heterocycles. The molecule has 4 saturated heterocycles. The number of carbonyl (C=O) groups is 1. The van der Waals surface area contributed by atoms with Gasteiger partial charge in [0.15, 0.2) is 12.6 Å². The molecule has 0 aromatic heterocycles. The molecule has 4 fully saturated rings. The molecule has 20 atom stereocenters. The lowest BCUT2D eigenvalue weighted by atomic mass is 9.71. The van der Waals surface area contributed by atoms with Gasteiger partial charge in [0.2, 0.25) is 0 Å². The number of likely N-dealkylation sites (N-methyl/N-ethyl adjacent to an activating group) is 1. The average Bonchev–Trinajstić information content (AvgIpc) is 3.14.